The van der Waals surface area contributed by atoms with E-state index < -0.39 is 0 Å². The lowest BCUT2D eigenvalue weighted by Crippen LogP contribution is -2.34. The summed E-state index contributed by atoms with van der Waals surface area (Å²) in [6.45, 7) is 0.600. The van der Waals surface area contributed by atoms with Crippen LogP contribution in [0, 0.1) is 0 Å². The predicted octanol–water partition coefficient (Wildman–Crippen LogP) is 1.38. The van der Waals surface area contributed by atoms with Crippen molar-refractivity contribution in [3.8, 4) is 0 Å². The smallest absolute Gasteiger partial charge is 0.275 e. The second kappa shape index (κ2) is 4.23. The van der Waals surface area contributed by atoms with E-state index in [4.69, 9.17) is 11.6 Å². The van der Waals surface area contributed by atoms with Crippen LogP contribution in [-0.4, -0.2) is 38.9 Å². The second-order valence-corrected chi connectivity index (χ2v) is 4.20. The number of aromatic nitrogens is 2. The van der Waals surface area contributed by atoms with Crippen LogP contribution in [0.2, 0.25) is 0 Å². The largest absolute Gasteiger partial charge is 0.333 e. The number of hydrogen-bond acceptors (Lipinski definition) is 4. The minimum Gasteiger partial charge on any atom is -0.333 e. The molecule has 1 aliphatic carbocycles. The van der Waals surface area contributed by atoms with Crippen LogP contribution < -0.4 is 0 Å². The van der Waals surface area contributed by atoms with E-state index in [1.807, 2.05) is 0 Å². The third kappa shape index (κ3) is 2.04. The summed E-state index contributed by atoms with van der Waals surface area (Å²) >= 11 is 6.84. The molecule has 1 fully saturated rings. The van der Waals surface area contributed by atoms with Crippen LogP contribution in [-0.2, 0) is 0 Å². The highest BCUT2D eigenvalue weighted by Gasteiger charge is 2.33. The van der Waals surface area contributed by atoms with Gasteiger partial charge in [0.1, 0.15) is 0 Å². The first-order chi connectivity index (χ1) is 6.83. The van der Waals surface area contributed by atoms with Crippen LogP contribution in [0.25, 0.3) is 0 Å². The number of halogens is 1. The molecule has 0 saturated heterocycles. The first kappa shape index (κ1) is 9.86. The van der Waals surface area contributed by atoms with Crippen molar-refractivity contribution < 1.29 is 4.79 Å². The molecule has 0 unspecified atom stereocenters. The van der Waals surface area contributed by atoms with Gasteiger partial charge in [-0.15, -0.1) is 16.7 Å². The molecule has 1 aromatic heterocycles. The maximum Gasteiger partial charge on any atom is 0.275 e. The topological polar surface area (TPSA) is 46.1 Å². The Morgan fingerprint density at radius 2 is 2.50 bits per heavy atom. The van der Waals surface area contributed by atoms with Crippen LogP contribution in [0.5, 0.6) is 0 Å². The van der Waals surface area contributed by atoms with Gasteiger partial charge in [0.25, 0.3) is 5.91 Å². The maximum atomic E-state index is 11.8. The first-order valence-electron chi connectivity index (χ1n) is 4.47. The van der Waals surface area contributed by atoms with E-state index in [0.717, 1.165) is 12.8 Å². The van der Waals surface area contributed by atoms with Gasteiger partial charge in [-0.1, -0.05) is 4.49 Å². The van der Waals surface area contributed by atoms with Gasteiger partial charge in [-0.25, -0.2) is 0 Å². The molecule has 4 nitrogen and oxygen atoms in total. The van der Waals surface area contributed by atoms with Gasteiger partial charge in [0.2, 0.25) is 0 Å². The SMILES string of the molecule is O=C(c1csnn1)N(CCCl)C1CC1. The fraction of sp³-hybridized carbons (Fsp3) is 0.625. The van der Waals surface area contributed by atoms with Crippen molar-refractivity contribution >= 4 is 29.0 Å². The summed E-state index contributed by atoms with van der Waals surface area (Å²) in [5, 5.41) is 5.44. The molecular weight excluding hydrogens is 222 g/mol. The van der Waals surface area contributed by atoms with Crippen molar-refractivity contribution in [2.24, 2.45) is 0 Å². The Balaban J connectivity index is 2.07. The summed E-state index contributed by atoms with van der Waals surface area (Å²) in [6.07, 6.45) is 2.17. The summed E-state index contributed by atoms with van der Waals surface area (Å²) in [5.41, 5.74) is 0.437. The van der Waals surface area contributed by atoms with E-state index in [0.29, 0.717) is 24.2 Å². The Labute approximate surface area is 91.0 Å². The molecule has 1 aromatic rings. The Morgan fingerprint density at radius 1 is 1.71 bits per heavy atom. The second-order valence-electron chi connectivity index (χ2n) is 3.21. The quantitative estimate of drug-likeness (QED) is 0.736. The molecule has 0 N–H and O–H groups in total. The van der Waals surface area contributed by atoms with Gasteiger partial charge < -0.3 is 4.90 Å². The van der Waals surface area contributed by atoms with E-state index in [9.17, 15) is 4.79 Å². The summed E-state index contributed by atoms with van der Waals surface area (Å²) in [6, 6.07) is 0.378. The summed E-state index contributed by atoms with van der Waals surface area (Å²) in [5.74, 6) is 0.432. The van der Waals surface area contributed by atoms with Crippen LogP contribution in [0.1, 0.15) is 23.3 Å². The number of carbonyl (C=O) groups excluding carboxylic acids is 1. The zero-order valence-electron chi connectivity index (χ0n) is 7.52. The van der Waals surface area contributed by atoms with Crippen molar-refractivity contribution in [3.05, 3.63) is 11.1 Å². The molecule has 6 heteroatoms. The van der Waals surface area contributed by atoms with Crippen LogP contribution in [0.4, 0.5) is 0 Å². The van der Waals surface area contributed by atoms with Crippen molar-refractivity contribution in [3.63, 3.8) is 0 Å². The van der Waals surface area contributed by atoms with Gasteiger partial charge in [0.05, 0.1) is 0 Å². The Kier molecular flexibility index (Phi) is 2.98. The molecule has 14 heavy (non-hydrogen) atoms. The van der Waals surface area contributed by atoms with E-state index in [2.05, 4.69) is 9.59 Å². The van der Waals surface area contributed by atoms with Crippen LogP contribution in [0.15, 0.2) is 5.38 Å². The monoisotopic (exact) mass is 231 g/mol. The molecule has 0 radical (unpaired) electrons. The number of hydrogen-bond donors (Lipinski definition) is 0. The Bertz CT molecular complexity index is 312. The van der Waals surface area contributed by atoms with Crippen LogP contribution in [0.3, 0.4) is 0 Å². The lowest BCUT2D eigenvalue weighted by molar-refractivity contribution is 0.0748. The Hall–Kier alpha value is -0.680. The third-order valence-corrected chi connectivity index (χ3v) is 2.83. The highest BCUT2D eigenvalue weighted by atomic mass is 35.5. The average molecular weight is 232 g/mol. The normalized spacial score (nSPS) is 15.5. The minimum absolute atomic E-state index is 0.0399. The van der Waals surface area contributed by atoms with Gasteiger partial charge in [-0.3, -0.25) is 4.79 Å². The maximum absolute atomic E-state index is 11.8. The van der Waals surface area contributed by atoms with Crippen LogP contribution >= 0.6 is 23.1 Å². The minimum atomic E-state index is -0.0399. The van der Waals surface area contributed by atoms with E-state index in [1.54, 1.807) is 10.3 Å². The predicted molar refractivity (Wildman–Crippen MR) is 54.7 cm³/mol. The molecule has 76 valence electrons. The number of nitrogens with zero attached hydrogens (tertiary/aromatic N) is 3. The third-order valence-electron chi connectivity index (χ3n) is 2.15. The molecule has 1 aliphatic rings. The highest BCUT2D eigenvalue weighted by Crippen LogP contribution is 2.27. The van der Waals surface area contributed by atoms with Gasteiger partial charge in [0, 0.05) is 23.8 Å². The number of rotatable bonds is 4. The van der Waals surface area contributed by atoms with Gasteiger partial charge in [0.15, 0.2) is 5.69 Å². The van der Waals surface area contributed by atoms with E-state index >= 15 is 0 Å². The zero-order chi connectivity index (χ0) is 9.97. The number of alkyl halides is 1. The lowest BCUT2D eigenvalue weighted by atomic mass is 10.4. The summed E-state index contributed by atoms with van der Waals surface area (Å²) in [4.78, 5) is 13.6. The van der Waals surface area contributed by atoms with Crippen molar-refractivity contribution in [1.82, 2.24) is 14.5 Å². The summed E-state index contributed by atoms with van der Waals surface area (Å²) in [7, 11) is 0. The molecule has 0 aliphatic heterocycles. The molecule has 1 heterocycles. The fourth-order valence-electron chi connectivity index (χ4n) is 1.33. The number of amides is 1. The Morgan fingerprint density at radius 3 is 3.00 bits per heavy atom. The van der Waals surface area contributed by atoms with Crippen molar-refractivity contribution in [2.75, 3.05) is 12.4 Å². The summed E-state index contributed by atoms with van der Waals surface area (Å²) < 4.78 is 3.68. The molecule has 2 rings (SSSR count). The highest BCUT2D eigenvalue weighted by molar-refractivity contribution is 7.03. The number of carbonyl (C=O) groups is 1. The van der Waals surface area contributed by atoms with E-state index in [-0.39, 0.29) is 5.91 Å². The molecule has 1 amide bonds. The van der Waals surface area contributed by atoms with E-state index in [1.165, 1.54) is 11.5 Å². The van der Waals surface area contributed by atoms with Gasteiger partial charge in [-0.2, -0.15) is 0 Å². The molecule has 0 bridgehead atoms. The lowest BCUT2D eigenvalue weighted by Gasteiger charge is -2.19. The van der Waals surface area contributed by atoms with Gasteiger partial charge in [-0.05, 0) is 24.4 Å². The van der Waals surface area contributed by atoms with Crippen molar-refractivity contribution in [2.45, 2.75) is 18.9 Å². The zero-order valence-corrected chi connectivity index (χ0v) is 9.09. The molecule has 1 saturated carbocycles. The van der Waals surface area contributed by atoms with Crippen molar-refractivity contribution in [1.29, 1.82) is 0 Å². The fourth-order valence-corrected chi connectivity index (χ4v) is 1.94. The molecule has 0 atom stereocenters. The average Bonchev–Trinajstić information content (AvgIpc) is 2.88. The standard InChI is InChI=1S/C8H10ClN3OS/c9-3-4-12(6-1-2-6)8(13)7-5-14-11-10-7/h5-6H,1-4H2. The molecule has 0 spiro atoms. The molecular formula is C8H10ClN3OS. The molecule has 0 aromatic carbocycles. The van der Waals surface area contributed by atoms with Gasteiger partial charge >= 0.3 is 0 Å². The first-order valence-corrected chi connectivity index (χ1v) is 5.84.